The Morgan fingerprint density at radius 1 is 1.06 bits per heavy atom. The topological polar surface area (TPSA) is 78.3 Å². The largest absolute Gasteiger partial charge is 0.497 e. The first-order valence-corrected chi connectivity index (χ1v) is 10.00. The Bertz CT molecular complexity index is 1230. The second kappa shape index (κ2) is 8.47. The van der Waals surface area contributed by atoms with Crippen LogP contribution in [0.15, 0.2) is 60.7 Å². The maximum atomic E-state index is 12.6. The van der Waals surface area contributed by atoms with Gasteiger partial charge in [-0.2, -0.15) is 10.1 Å². The number of aromatic nitrogens is 3. The minimum absolute atomic E-state index is 0.277. The van der Waals surface area contributed by atoms with Crippen LogP contribution in [0.2, 0.25) is 0 Å². The third-order valence-corrected chi connectivity index (χ3v) is 4.99. The third-order valence-electron chi connectivity index (χ3n) is 4.99. The van der Waals surface area contributed by atoms with E-state index in [1.165, 1.54) is 0 Å². The number of amides is 1. The number of carbonyl (C=O) groups excluding carboxylic acids is 1. The standard InChI is InChI=1S/C24H24N4O3/c1-15-13-21(31-17(3)24(29)25-18-9-8-12-20(14-18)30-4)26-23-22(15)16(2)27-28(23)19-10-6-5-7-11-19/h5-14,17H,1-4H3,(H,25,29). The fourth-order valence-corrected chi connectivity index (χ4v) is 3.46. The van der Waals surface area contributed by atoms with Crippen LogP contribution in [0.1, 0.15) is 18.2 Å². The summed E-state index contributed by atoms with van der Waals surface area (Å²) in [6, 6.07) is 18.8. The Hall–Kier alpha value is -3.87. The van der Waals surface area contributed by atoms with Crippen molar-refractivity contribution >= 4 is 22.6 Å². The Balaban J connectivity index is 1.60. The normalized spacial score (nSPS) is 11.9. The highest BCUT2D eigenvalue weighted by Crippen LogP contribution is 2.27. The molecule has 0 aliphatic heterocycles. The van der Waals surface area contributed by atoms with E-state index >= 15 is 0 Å². The average Bonchev–Trinajstić information content (AvgIpc) is 3.11. The molecule has 4 rings (SSSR count). The van der Waals surface area contributed by atoms with Gasteiger partial charge in [0.05, 0.1) is 18.5 Å². The van der Waals surface area contributed by atoms with Crippen molar-refractivity contribution in [2.24, 2.45) is 0 Å². The molecule has 0 radical (unpaired) electrons. The number of hydrogen-bond donors (Lipinski definition) is 1. The van der Waals surface area contributed by atoms with Gasteiger partial charge in [-0.25, -0.2) is 4.68 Å². The highest BCUT2D eigenvalue weighted by Gasteiger charge is 2.19. The van der Waals surface area contributed by atoms with Gasteiger partial charge < -0.3 is 14.8 Å². The van der Waals surface area contributed by atoms with E-state index in [9.17, 15) is 4.79 Å². The van der Waals surface area contributed by atoms with Crippen molar-refractivity contribution in [1.29, 1.82) is 0 Å². The molecule has 1 unspecified atom stereocenters. The van der Waals surface area contributed by atoms with E-state index in [1.807, 2.05) is 62.4 Å². The van der Waals surface area contributed by atoms with Gasteiger partial charge in [-0.15, -0.1) is 0 Å². The predicted molar refractivity (Wildman–Crippen MR) is 120 cm³/mol. The summed E-state index contributed by atoms with van der Waals surface area (Å²) in [5.41, 5.74) is 4.11. The number of nitrogens with zero attached hydrogens (tertiary/aromatic N) is 3. The molecule has 7 heteroatoms. The van der Waals surface area contributed by atoms with Crippen molar-refractivity contribution in [1.82, 2.24) is 14.8 Å². The van der Waals surface area contributed by atoms with Crippen LogP contribution in [0.3, 0.4) is 0 Å². The first kappa shape index (κ1) is 20.4. The Morgan fingerprint density at radius 3 is 2.58 bits per heavy atom. The Morgan fingerprint density at radius 2 is 1.84 bits per heavy atom. The summed E-state index contributed by atoms with van der Waals surface area (Å²) in [5.74, 6) is 0.759. The maximum absolute atomic E-state index is 12.6. The highest BCUT2D eigenvalue weighted by atomic mass is 16.5. The number of methoxy groups -OCH3 is 1. The summed E-state index contributed by atoms with van der Waals surface area (Å²) in [6.45, 7) is 5.64. The average molecular weight is 416 g/mol. The molecule has 0 fully saturated rings. The van der Waals surface area contributed by atoms with Gasteiger partial charge >= 0.3 is 0 Å². The van der Waals surface area contributed by atoms with Crippen LogP contribution in [0.5, 0.6) is 11.6 Å². The van der Waals surface area contributed by atoms with E-state index in [0.717, 1.165) is 22.3 Å². The zero-order valence-electron chi connectivity index (χ0n) is 17.9. The molecule has 0 spiro atoms. The monoisotopic (exact) mass is 416 g/mol. The molecule has 31 heavy (non-hydrogen) atoms. The highest BCUT2D eigenvalue weighted by molar-refractivity contribution is 5.94. The summed E-state index contributed by atoms with van der Waals surface area (Å²) in [5, 5.41) is 8.47. The van der Waals surface area contributed by atoms with Crippen molar-refractivity contribution < 1.29 is 14.3 Å². The number of carbonyl (C=O) groups is 1. The number of rotatable bonds is 6. The van der Waals surface area contributed by atoms with Crippen LogP contribution in [0, 0.1) is 13.8 Å². The minimum Gasteiger partial charge on any atom is -0.497 e. The van der Waals surface area contributed by atoms with Crippen molar-refractivity contribution in [3.05, 3.63) is 71.9 Å². The summed E-state index contributed by atoms with van der Waals surface area (Å²) in [7, 11) is 1.58. The molecular weight excluding hydrogens is 392 g/mol. The maximum Gasteiger partial charge on any atom is 0.265 e. The van der Waals surface area contributed by atoms with Crippen LogP contribution >= 0.6 is 0 Å². The number of para-hydroxylation sites is 1. The summed E-state index contributed by atoms with van der Waals surface area (Å²) in [6.07, 6.45) is -0.746. The lowest BCUT2D eigenvalue weighted by molar-refractivity contribution is -0.122. The number of aryl methyl sites for hydroxylation is 2. The zero-order valence-corrected chi connectivity index (χ0v) is 17.9. The molecule has 1 amide bonds. The van der Waals surface area contributed by atoms with E-state index in [2.05, 4.69) is 15.4 Å². The summed E-state index contributed by atoms with van der Waals surface area (Å²) >= 11 is 0. The number of ether oxygens (including phenoxy) is 2. The van der Waals surface area contributed by atoms with Crippen molar-refractivity contribution in [3.8, 4) is 17.3 Å². The number of hydrogen-bond acceptors (Lipinski definition) is 5. The van der Waals surface area contributed by atoms with Crippen LogP contribution in [-0.4, -0.2) is 33.9 Å². The first-order chi connectivity index (χ1) is 15.0. The molecule has 158 valence electrons. The lowest BCUT2D eigenvalue weighted by Crippen LogP contribution is -2.30. The van der Waals surface area contributed by atoms with Crippen molar-refractivity contribution in [2.45, 2.75) is 26.9 Å². The third kappa shape index (κ3) is 4.21. The van der Waals surface area contributed by atoms with Crippen LogP contribution in [0.25, 0.3) is 16.7 Å². The molecule has 0 bridgehead atoms. The molecule has 1 atom stereocenters. The molecule has 0 aliphatic carbocycles. The quantitative estimate of drug-likeness (QED) is 0.502. The molecule has 4 aromatic rings. The molecule has 2 aromatic heterocycles. The van der Waals surface area contributed by atoms with Gasteiger partial charge in [-0.1, -0.05) is 24.3 Å². The number of benzene rings is 2. The zero-order chi connectivity index (χ0) is 22.0. The van der Waals surface area contributed by atoms with Gasteiger partial charge in [0, 0.05) is 23.2 Å². The van der Waals surface area contributed by atoms with Gasteiger partial charge in [-0.3, -0.25) is 4.79 Å². The molecule has 2 heterocycles. The number of anilines is 1. The molecule has 0 saturated heterocycles. The summed E-state index contributed by atoms with van der Waals surface area (Å²) < 4.78 is 12.9. The molecular formula is C24H24N4O3. The first-order valence-electron chi connectivity index (χ1n) is 10.00. The van der Waals surface area contributed by atoms with Crippen LogP contribution < -0.4 is 14.8 Å². The van der Waals surface area contributed by atoms with E-state index in [0.29, 0.717) is 23.0 Å². The van der Waals surface area contributed by atoms with E-state index in [4.69, 9.17) is 9.47 Å². The van der Waals surface area contributed by atoms with Crippen molar-refractivity contribution in [2.75, 3.05) is 12.4 Å². The Labute approximate surface area is 180 Å². The molecule has 7 nitrogen and oxygen atoms in total. The van der Waals surface area contributed by atoms with Gasteiger partial charge in [0.1, 0.15) is 5.75 Å². The molecule has 2 aromatic carbocycles. The van der Waals surface area contributed by atoms with Gasteiger partial charge in [0.25, 0.3) is 5.91 Å². The second-order valence-corrected chi connectivity index (χ2v) is 7.29. The Kier molecular flexibility index (Phi) is 5.58. The smallest absolute Gasteiger partial charge is 0.265 e. The van der Waals surface area contributed by atoms with E-state index in [1.54, 1.807) is 30.8 Å². The van der Waals surface area contributed by atoms with E-state index in [-0.39, 0.29) is 5.91 Å². The summed E-state index contributed by atoms with van der Waals surface area (Å²) in [4.78, 5) is 17.3. The lowest BCUT2D eigenvalue weighted by atomic mass is 10.1. The SMILES string of the molecule is COc1cccc(NC(=O)C(C)Oc2cc(C)c3c(C)nn(-c4ccccc4)c3n2)c1. The number of pyridine rings is 1. The van der Waals surface area contributed by atoms with Crippen LogP contribution in [0.4, 0.5) is 5.69 Å². The number of fused-ring (bicyclic) bond motifs is 1. The number of nitrogens with one attached hydrogen (secondary N) is 1. The van der Waals surface area contributed by atoms with E-state index < -0.39 is 6.10 Å². The minimum atomic E-state index is -0.746. The molecule has 0 saturated carbocycles. The van der Waals surface area contributed by atoms with Gasteiger partial charge in [0.2, 0.25) is 5.88 Å². The second-order valence-electron chi connectivity index (χ2n) is 7.29. The lowest BCUT2D eigenvalue weighted by Gasteiger charge is -2.15. The van der Waals surface area contributed by atoms with Crippen LogP contribution in [-0.2, 0) is 4.79 Å². The predicted octanol–water partition coefficient (Wildman–Crippen LogP) is 4.45. The molecule has 1 N–H and O–H groups in total. The van der Waals surface area contributed by atoms with Crippen molar-refractivity contribution in [3.63, 3.8) is 0 Å². The fourth-order valence-electron chi connectivity index (χ4n) is 3.46. The fraction of sp³-hybridized carbons (Fsp3) is 0.208. The molecule has 0 aliphatic rings. The van der Waals surface area contributed by atoms with Gasteiger partial charge in [-0.05, 0) is 50.6 Å². The van der Waals surface area contributed by atoms with Gasteiger partial charge in [0.15, 0.2) is 11.8 Å².